The van der Waals surface area contributed by atoms with Crippen LogP contribution in [0.15, 0.2) is 0 Å². The summed E-state index contributed by atoms with van der Waals surface area (Å²) in [6.07, 6.45) is 12.2. The van der Waals surface area contributed by atoms with Crippen LogP contribution in [0.2, 0.25) is 0 Å². The van der Waals surface area contributed by atoms with E-state index in [1.54, 1.807) is 0 Å². The molecule has 4 nitrogen and oxygen atoms in total. The zero-order valence-electron chi connectivity index (χ0n) is 18.0. The summed E-state index contributed by atoms with van der Waals surface area (Å²) < 4.78 is 5.74. The summed E-state index contributed by atoms with van der Waals surface area (Å²) in [7, 11) is 1.89. The van der Waals surface area contributed by atoms with Gasteiger partial charge in [-0.15, -0.1) is 0 Å². The molecule has 0 aromatic heterocycles. The predicted molar refractivity (Wildman–Crippen MR) is 109 cm³/mol. The van der Waals surface area contributed by atoms with Crippen molar-refractivity contribution in [3.05, 3.63) is 0 Å². The van der Waals surface area contributed by atoms with Crippen molar-refractivity contribution in [2.45, 2.75) is 89.8 Å². The van der Waals surface area contributed by atoms with E-state index in [1.807, 2.05) is 7.11 Å². The number of ether oxygens (including phenoxy) is 1. The SMILES string of the molecule is CO[C@H]1CC[C@@]2(C)[C@@H](CC[C@@H]3[C@@H]2CC[C@]2(C)[C@@H](C4(O)CNC(=O)C4)CC[C@@H]32)C1. The molecule has 0 aromatic carbocycles. The minimum absolute atomic E-state index is 0.0335. The monoisotopic (exact) mass is 389 g/mol. The van der Waals surface area contributed by atoms with E-state index in [0.717, 1.165) is 30.1 Å². The Labute approximate surface area is 170 Å². The fourth-order valence-corrected chi connectivity index (χ4v) is 9.22. The maximum Gasteiger partial charge on any atom is 0.223 e. The van der Waals surface area contributed by atoms with E-state index in [-0.39, 0.29) is 17.2 Å². The van der Waals surface area contributed by atoms with Crippen molar-refractivity contribution < 1.29 is 14.6 Å². The quantitative estimate of drug-likeness (QED) is 0.753. The van der Waals surface area contributed by atoms with Gasteiger partial charge >= 0.3 is 0 Å². The fourth-order valence-electron chi connectivity index (χ4n) is 9.22. The molecule has 1 unspecified atom stereocenters. The Balaban J connectivity index is 1.39. The van der Waals surface area contributed by atoms with Crippen LogP contribution in [0.25, 0.3) is 0 Å². The molecule has 2 N–H and O–H groups in total. The number of β-amino-alcohol motifs (C(OH)–C–C–N with tert-alkyl or cyclic N) is 1. The van der Waals surface area contributed by atoms with Crippen molar-refractivity contribution >= 4 is 5.91 Å². The molecule has 5 rings (SSSR count). The van der Waals surface area contributed by atoms with E-state index in [4.69, 9.17) is 4.74 Å². The Morgan fingerprint density at radius 1 is 1.00 bits per heavy atom. The Kier molecular flexibility index (Phi) is 4.45. The van der Waals surface area contributed by atoms with Gasteiger partial charge in [-0.25, -0.2) is 0 Å². The Morgan fingerprint density at radius 2 is 1.75 bits per heavy atom. The molecule has 9 atom stereocenters. The summed E-state index contributed by atoms with van der Waals surface area (Å²) >= 11 is 0. The minimum atomic E-state index is -0.814. The molecule has 5 fully saturated rings. The normalized spacial score (nSPS) is 55.9. The fraction of sp³-hybridized carbons (Fsp3) is 0.958. The molecule has 5 aliphatic rings. The van der Waals surface area contributed by atoms with Crippen LogP contribution in [0.3, 0.4) is 0 Å². The summed E-state index contributed by atoms with van der Waals surface area (Å²) in [6, 6.07) is 0. The molecule has 0 aromatic rings. The minimum Gasteiger partial charge on any atom is -0.387 e. The molecule has 158 valence electrons. The van der Waals surface area contributed by atoms with Gasteiger partial charge in [-0.1, -0.05) is 13.8 Å². The number of carbonyl (C=O) groups excluding carboxylic acids is 1. The van der Waals surface area contributed by atoms with Gasteiger partial charge in [0.1, 0.15) is 0 Å². The third kappa shape index (κ3) is 2.59. The predicted octanol–water partition coefficient (Wildman–Crippen LogP) is 3.91. The topological polar surface area (TPSA) is 58.6 Å². The van der Waals surface area contributed by atoms with Crippen LogP contribution >= 0.6 is 0 Å². The Morgan fingerprint density at radius 3 is 2.46 bits per heavy atom. The van der Waals surface area contributed by atoms with Crippen LogP contribution < -0.4 is 5.32 Å². The summed E-state index contributed by atoms with van der Waals surface area (Å²) in [5.41, 5.74) is -0.126. The van der Waals surface area contributed by atoms with Gasteiger partial charge in [0, 0.05) is 13.7 Å². The summed E-state index contributed by atoms with van der Waals surface area (Å²) in [4.78, 5) is 11.9. The van der Waals surface area contributed by atoms with Crippen LogP contribution in [0.5, 0.6) is 0 Å². The first-order valence-electron chi connectivity index (χ1n) is 11.8. The highest BCUT2D eigenvalue weighted by Gasteiger charge is 2.63. The van der Waals surface area contributed by atoms with Crippen molar-refractivity contribution in [1.29, 1.82) is 0 Å². The lowest BCUT2D eigenvalue weighted by atomic mass is 9.44. The van der Waals surface area contributed by atoms with E-state index in [1.165, 1.54) is 51.4 Å². The van der Waals surface area contributed by atoms with Gasteiger partial charge in [-0.2, -0.15) is 0 Å². The number of fused-ring (bicyclic) bond motifs is 5. The van der Waals surface area contributed by atoms with Gasteiger partial charge in [-0.05, 0) is 98.2 Å². The zero-order chi connectivity index (χ0) is 19.7. The highest BCUT2D eigenvalue weighted by Crippen LogP contribution is 2.68. The van der Waals surface area contributed by atoms with Gasteiger partial charge in [0.05, 0.1) is 18.1 Å². The lowest BCUT2D eigenvalue weighted by molar-refractivity contribution is -0.146. The molecule has 0 radical (unpaired) electrons. The third-order valence-corrected chi connectivity index (χ3v) is 10.7. The molecule has 0 bridgehead atoms. The second-order valence-electron chi connectivity index (χ2n) is 11.5. The van der Waals surface area contributed by atoms with E-state index < -0.39 is 5.60 Å². The lowest BCUT2D eigenvalue weighted by Crippen LogP contribution is -2.56. The molecule has 4 heteroatoms. The molecule has 1 amide bonds. The summed E-state index contributed by atoms with van der Waals surface area (Å²) in [5, 5.41) is 14.3. The standard InChI is InChI=1S/C24H39NO3/c1-22-10-8-16(28-3)12-15(22)4-5-17-18-6-7-20(23(18,2)11-9-19(17)22)24(27)13-21(26)25-14-24/h15-20,27H,4-14H2,1-3H3,(H,25,26)/t15-,16-,17-,18-,19-,20-,22-,23-,24?/m0/s1. The van der Waals surface area contributed by atoms with Crippen LogP contribution in [-0.4, -0.2) is 36.4 Å². The highest BCUT2D eigenvalue weighted by molar-refractivity contribution is 5.79. The summed E-state index contributed by atoms with van der Waals surface area (Å²) in [5.74, 6) is 3.53. The third-order valence-electron chi connectivity index (χ3n) is 10.7. The van der Waals surface area contributed by atoms with Crippen molar-refractivity contribution in [3.63, 3.8) is 0 Å². The number of carbonyl (C=O) groups is 1. The molecule has 4 aliphatic carbocycles. The number of amides is 1. The van der Waals surface area contributed by atoms with Crippen molar-refractivity contribution in [3.8, 4) is 0 Å². The van der Waals surface area contributed by atoms with Gasteiger partial charge in [0.15, 0.2) is 0 Å². The van der Waals surface area contributed by atoms with Crippen molar-refractivity contribution in [2.24, 2.45) is 40.4 Å². The number of nitrogens with one attached hydrogen (secondary N) is 1. The first-order chi connectivity index (χ1) is 13.3. The van der Waals surface area contributed by atoms with Crippen molar-refractivity contribution in [2.75, 3.05) is 13.7 Å². The number of rotatable bonds is 2. The molecule has 28 heavy (non-hydrogen) atoms. The Bertz CT molecular complexity index is 652. The number of hydrogen-bond donors (Lipinski definition) is 2. The molecular formula is C24H39NO3. The molecule has 1 heterocycles. The molecule has 1 saturated heterocycles. The molecule has 0 spiro atoms. The van der Waals surface area contributed by atoms with E-state index >= 15 is 0 Å². The van der Waals surface area contributed by atoms with Gasteiger partial charge in [-0.3, -0.25) is 4.79 Å². The van der Waals surface area contributed by atoms with Crippen LogP contribution in [0.4, 0.5) is 0 Å². The first-order valence-corrected chi connectivity index (χ1v) is 11.8. The maximum absolute atomic E-state index is 11.9. The number of methoxy groups -OCH3 is 1. The Hall–Kier alpha value is -0.610. The largest absolute Gasteiger partial charge is 0.387 e. The first kappa shape index (κ1) is 19.4. The van der Waals surface area contributed by atoms with Gasteiger partial charge in [0.25, 0.3) is 0 Å². The lowest BCUT2D eigenvalue weighted by Gasteiger charge is -2.61. The van der Waals surface area contributed by atoms with E-state index in [9.17, 15) is 9.90 Å². The molecule has 1 aliphatic heterocycles. The average molecular weight is 390 g/mol. The number of hydrogen-bond acceptors (Lipinski definition) is 3. The van der Waals surface area contributed by atoms with Gasteiger partial charge < -0.3 is 15.2 Å². The molecular weight excluding hydrogens is 350 g/mol. The van der Waals surface area contributed by atoms with Crippen molar-refractivity contribution in [1.82, 2.24) is 5.32 Å². The second kappa shape index (κ2) is 6.44. The highest BCUT2D eigenvalue weighted by atomic mass is 16.5. The number of aliphatic hydroxyl groups is 1. The zero-order valence-corrected chi connectivity index (χ0v) is 18.0. The van der Waals surface area contributed by atoms with Gasteiger partial charge in [0.2, 0.25) is 5.91 Å². The average Bonchev–Trinajstić information content (AvgIpc) is 3.20. The van der Waals surface area contributed by atoms with E-state index in [0.29, 0.717) is 24.5 Å². The molecule has 4 saturated carbocycles. The van der Waals surface area contributed by atoms with E-state index in [2.05, 4.69) is 19.2 Å². The summed E-state index contributed by atoms with van der Waals surface area (Å²) in [6.45, 7) is 5.52. The second-order valence-corrected chi connectivity index (χ2v) is 11.5. The maximum atomic E-state index is 11.9. The van der Waals surface area contributed by atoms with Crippen LogP contribution in [0, 0.1) is 40.4 Å². The van der Waals surface area contributed by atoms with Crippen LogP contribution in [0.1, 0.15) is 78.1 Å². The smallest absolute Gasteiger partial charge is 0.223 e. The van der Waals surface area contributed by atoms with Crippen LogP contribution in [-0.2, 0) is 9.53 Å².